The lowest BCUT2D eigenvalue weighted by Gasteiger charge is -2.31. The zero-order valence-corrected chi connectivity index (χ0v) is 16.7. The van der Waals surface area contributed by atoms with E-state index in [0.29, 0.717) is 11.6 Å². The molecule has 27 heavy (non-hydrogen) atoms. The van der Waals surface area contributed by atoms with E-state index < -0.39 is 0 Å². The number of nitrogens with one attached hydrogen (secondary N) is 1. The molecular weight excluding hydrogens is 402 g/mol. The molecule has 0 spiro atoms. The zero-order chi connectivity index (χ0) is 18.6. The van der Waals surface area contributed by atoms with E-state index in [1.807, 2.05) is 35.2 Å². The third-order valence-electron chi connectivity index (χ3n) is 5.22. The molecule has 0 unspecified atom stereocenters. The average Bonchev–Trinajstić information content (AvgIpc) is 3.20. The maximum atomic E-state index is 12.8. The number of aromatic amines is 1. The number of hydrogen-bond donors (Lipinski definition) is 1. The van der Waals surface area contributed by atoms with Crippen LogP contribution in [0.4, 0.5) is 0 Å². The van der Waals surface area contributed by atoms with Crippen molar-refractivity contribution in [3.05, 3.63) is 76.4 Å². The average molecular weight is 424 g/mol. The molecule has 0 aliphatic carbocycles. The second kappa shape index (κ2) is 8.09. The minimum Gasteiger partial charge on any atom is -0.337 e. The van der Waals surface area contributed by atoms with Gasteiger partial charge in [0.1, 0.15) is 5.69 Å². The number of rotatable bonds is 4. The van der Waals surface area contributed by atoms with Gasteiger partial charge in [-0.15, -0.1) is 0 Å². The van der Waals surface area contributed by atoms with Gasteiger partial charge in [-0.25, -0.2) is 0 Å². The summed E-state index contributed by atoms with van der Waals surface area (Å²) in [5.74, 6) is 0.695. The van der Waals surface area contributed by atoms with Gasteiger partial charge < -0.3 is 4.90 Å². The predicted molar refractivity (Wildman–Crippen MR) is 110 cm³/mol. The van der Waals surface area contributed by atoms with Crippen molar-refractivity contribution in [2.24, 2.45) is 5.92 Å². The van der Waals surface area contributed by atoms with Crippen LogP contribution in [0.15, 0.2) is 65.1 Å². The van der Waals surface area contributed by atoms with Crippen molar-refractivity contribution in [3.63, 3.8) is 0 Å². The Bertz CT molecular complexity index is 897. The molecule has 2 aromatic carbocycles. The molecule has 1 aromatic heterocycles. The summed E-state index contributed by atoms with van der Waals surface area (Å²) in [6.07, 6.45) is 3.20. The number of halogens is 1. The lowest BCUT2D eigenvalue weighted by Crippen LogP contribution is -2.39. The van der Waals surface area contributed by atoms with Crippen molar-refractivity contribution in [1.29, 1.82) is 0 Å². The molecule has 3 aromatic rings. The number of piperidine rings is 1. The maximum absolute atomic E-state index is 12.8. The zero-order valence-electron chi connectivity index (χ0n) is 15.1. The second-order valence-electron chi connectivity index (χ2n) is 7.10. The van der Waals surface area contributed by atoms with E-state index in [0.717, 1.165) is 48.1 Å². The van der Waals surface area contributed by atoms with Gasteiger partial charge >= 0.3 is 0 Å². The van der Waals surface area contributed by atoms with E-state index in [4.69, 9.17) is 0 Å². The monoisotopic (exact) mass is 423 g/mol. The van der Waals surface area contributed by atoms with Crippen LogP contribution in [0.3, 0.4) is 0 Å². The number of carbonyl (C=O) groups is 1. The fourth-order valence-electron chi connectivity index (χ4n) is 3.66. The summed E-state index contributed by atoms with van der Waals surface area (Å²) < 4.78 is 1.02. The Hall–Kier alpha value is -2.40. The second-order valence-corrected chi connectivity index (χ2v) is 8.01. The van der Waals surface area contributed by atoms with Crippen LogP contribution >= 0.6 is 15.9 Å². The van der Waals surface area contributed by atoms with Gasteiger partial charge in [0.15, 0.2) is 0 Å². The Balaban J connectivity index is 1.36. The predicted octanol–water partition coefficient (Wildman–Crippen LogP) is 4.93. The van der Waals surface area contributed by atoms with Crippen molar-refractivity contribution in [1.82, 2.24) is 15.1 Å². The highest BCUT2D eigenvalue weighted by atomic mass is 79.9. The fourth-order valence-corrected chi connectivity index (χ4v) is 3.92. The van der Waals surface area contributed by atoms with Crippen LogP contribution in [-0.4, -0.2) is 34.1 Å². The third kappa shape index (κ3) is 4.30. The highest BCUT2D eigenvalue weighted by molar-refractivity contribution is 9.10. The van der Waals surface area contributed by atoms with Crippen LogP contribution in [0.25, 0.3) is 11.3 Å². The molecule has 0 bridgehead atoms. The lowest BCUT2D eigenvalue weighted by molar-refractivity contribution is 0.0684. The number of carbonyl (C=O) groups excluding carboxylic acids is 1. The SMILES string of the molecule is O=C(c1cc(-c2ccc(Br)cc2)n[nH]1)N1CCC(Cc2ccccc2)CC1. The molecule has 1 fully saturated rings. The minimum absolute atomic E-state index is 0.0454. The van der Waals surface area contributed by atoms with Crippen LogP contribution in [0, 0.1) is 5.92 Å². The summed E-state index contributed by atoms with van der Waals surface area (Å²) in [6, 6.07) is 20.4. The van der Waals surface area contributed by atoms with Gasteiger partial charge in [-0.1, -0.05) is 58.4 Å². The van der Waals surface area contributed by atoms with Crippen molar-refractivity contribution < 1.29 is 4.79 Å². The molecule has 0 atom stereocenters. The van der Waals surface area contributed by atoms with E-state index in [-0.39, 0.29) is 5.91 Å². The lowest BCUT2D eigenvalue weighted by atomic mass is 9.90. The van der Waals surface area contributed by atoms with Crippen LogP contribution < -0.4 is 0 Å². The fraction of sp³-hybridized carbons (Fsp3) is 0.273. The van der Waals surface area contributed by atoms with Gasteiger partial charge in [0.25, 0.3) is 5.91 Å². The first-order valence-electron chi connectivity index (χ1n) is 9.33. The van der Waals surface area contributed by atoms with Gasteiger partial charge in [0, 0.05) is 23.1 Å². The van der Waals surface area contributed by atoms with E-state index in [1.54, 1.807) is 0 Å². The van der Waals surface area contributed by atoms with Gasteiger partial charge in [-0.05, 0) is 48.9 Å². The molecule has 4 nitrogen and oxygen atoms in total. The summed E-state index contributed by atoms with van der Waals surface area (Å²) in [4.78, 5) is 14.8. The van der Waals surface area contributed by atoms with Gasteiger partial charge in [0.2, 0.25) is 0 Å². The van der Waals surface area contributed by atoms with Crippen molar-refractivity contribution in [3.8, 4) is 11.3 Å². The van der Waals surface area contributed by atoms with Gasteiger partial charge in [0.05, 0.1) is 5.69 Å². The summed E-state index contributed by atoms with van der Waals surface area (Å²) in [5, 5.41) is 7.23. The molecule has 1 saturated heterocycles. The van der Waals surface area contributed by atoms with Crippen molar-refractivity contribution in [2.45, 2.75) is 19.3 Å². The number of amides is 1. The standard InChI is InChI=1S/C22H22BrN3O/c23-19-8-6-18(7-9-19)20-15-21(25-24-20)22(27)26-12-10-17(11-13-26)14-16-4-2-1-3-5-16/h1-9,15,17H,10-14H2,(H,24,25). The Morgan fingerprint density at radius 2 is 1.78 bits per heavy atom. The molecule has 0 saturated carbocycles. The number of likely N-dealkylation sites (tertiary alicyclic amines) is 1. The number of benzene rings is 2. The Morgan fingerprint density at radius 1 is 1.07 bits per heavy atom. The smallest absolute Gasteiger partial charge is 0.271 e. The molecule has 0 radical (unpaired) electrons. The molecule has 1 amide bonds. The number of aromatic nitrogens is 2. The number of nitrogens with zero attached hydrogens (tertiary/aromatic N) is 2. The Kier molecular flexibility index (Phi) is 5.39. The largest absolute Gasteiger partial charge is 0.337 e. The van der Waals surface area contributed by atoms with Crippen molar-refractivity contribution in [2.75, 3.05) is 13.1 Å². The Morgan fingerprint density at radius 3 is 2.48 bits per heavy atom. The molecule has 5 heteroatoms. The maximum Gasteiger partial charge on any atom is 0.271 e. The van der Waals surface area contributed by atoms with Crippen LogP contribution in [0.2, 0.25) is 0 Å². The van der Waals surface area contributed by atoms with Gasteiger partial charge in [-0.3, -0.25) is 9.89 Å². The van der Waals surface area contributed by atoms with E-state index >= 15 is 0 Å². The topological polar surface area (TPSA) is 49.0 Å². The molecule has 4 rings (SSSR count). The quantitative estimate of drug-likeness (QED) is 0.646. The molecule has 1 aliphatic rings. The van der Waals surface area contributed by atoms with Crippen LogP contribution in [0.5, 0.6) is 0 Å². The molecule has 1 N–H and O–H groups in total. The molecular formula is C22H22BrN3O. The van der Waals surface area contributed by atoms with E-state index in [9.17, 15) is 4.79 Å². The number of hydrogen-bond acceptors (Lipinski definition) is 2. The third-order valence-corrected chi connectivity index (χ3v) is 5.75. The highest BCUT2D eigenvalue weighted by Crippen LogP contribution is 2.24. The molecule has 138 valence electrons. The van der Waals surface area contributed by atoms with Crippen LogP contribution in [-0.2, 0) is 6.42 Å². The first-order valence-corrected chi connectivity index (χ1v) is 10.1. The summed E-state index contributed by atoms with van der Waals surface area (Å²) >= 11 is 3.44. The summed E-state index contributed by atoms with van der Waals surface area (Å²) in [5.41, 5.74) is 3.74. The normalized spacial score (nSPS) is 15.1. The molecule has 1 aliphatic heterocycles. The highest BCUT2D eigenvalue weighted by Gasteiger charge is 2.25. The molecule has 2 heterocycles. The van der Waals surface area contributed by atoms with E-state index in [2.05, 4.69) is 56.5 Å². The van der Waals surface area contributed by atoms with E-state index in [1.165, 1.54) is 5.56 Å². The summed E-state index contributed by atoms with van der Waals surface area (Å²) in [7, 11) is 0. The van der Waals surface area contributed by atoms with Crippen LogP contribution in [0.1, 0.15) is 28.9 Å². The first kappa shape index (κ1) is 18.0. The minimum atomic E-state index is 0.0454. The van der Waals surface area contributed by atoms with Gasteiger partial charge in [-0.2, -0.15) is 5.10 Å². The number of H-pyrrole nitrogens is 1. The van der Waals surface area contributed by atoms with Crippen molar-refractivity contribution >= 4 is 21.8 Å². The Labute approximate surface area is 167 Å². The summed E-state index contributed by atoms with van der Waals surface area (Å²) in [6.45, 7) is 1.62. The first-order chi connectivity index (χ1) is 13.2.